The average Bonchev–Trinajstić information content (AvgIpc) is 2.92. The Morgan fingerprint density at radius 2 is 1.83 bits per heavy atom. The zero-order valence-electron chi connectivity index (χ0n) is 13.9. The van der Waals surface area contributed by atoms with E-state index in [4.69, 9.17) is 0 Å². The molecule has 24 heavy (non-hydrogen) atoms. The maximum absolute atomic E-state index is 12.3. The molecule has 2 aromatic carbocycles. The summed E-state index contributed by atoms with van der Waals surface area (Å²) in [6.45, 7) is 4.12. The van der Waals surface area contributed by atoms with Gasteiger partial charge in [-0.05, 0) is 31.0 Å². The summed E-state index contributed by atoms with van der Waals surface area (Å²) in [5.74, 6) is 0.650. The predicted molar refractivity (Wildman–Crippen MR) is 95.9 cm³/mol. The second-order valence-electron chi connectivity index (χ2n) is 5.55. The number of aryl methyl sites for hydroxylation is 1. The molecule has 122 valence electrons. The Kier molecular flexibility index (Phi) is 4.70. The van der Waals surface area contributed by atoms with Crippen LogP contribution in [0.4, 0.5) is 0 Å². The maximum atomic E-state index is 12.3. The van der Waals surface area contributed by atoms with Gasteiger partial charge in [0.05, 0.1) is 16.7 Å². The number of hydrazone groups is 1. The first-order valence-electron chi connectivity index (χ1n) is 8.01. The van der Waals surface area contributed by atoms with Crippen LogP contribution in [-0.4, -0.2) is 21.2 Å². The molecular formula is C19H20N4O. The molecule has 0 aliphatic heterocycles. The van der Waals surface area contributed by atoms with Crippen molar-refractivity contribution in [3.8, 4) is 0 Å². The summed E-state index contributed by atoms with van der Waals surface area (Å²) in [4.78, 5) is 16.8. The Morgan fingerprint density at radius 1 is 1.12 bits per heavy atom. The van der Waals surface area contributed by atoms with Gasteiger partial charge >= 0.3 is 0 Å². The molecule has 1 heterocycles. The lowest BCUT2D eigenvalue weighted by molar-refractivity contribution is -0.121. The van der Waals surface area contributed by atoms with Gasteiger partial charge in [0.15, 0.2) is 0 Å². The van der Waals surface area contributed by atoms with Crippen LogP contribution in [0.3, 0.4) is 0 Å². The number of hydrogen-bond donors (Lipinski definition) is 1. The van der Waals surface area contributed by atoms with Crippen molar-refractivity contribution in [2.45, 2.75) is 26.8 Å². The van der Waals surface area contributed by atoms with Crippen molar-refractivity contribution in [3.63, 3.8) is 0 Å². The fourth-order valence-electron chi connectivity index (χ4n) is 2.68. The van der Waals surface area contributed by atoms with Crippen molar-refractivity contribution in [2.24, 2.45) is 5.10 Å². The lowest BCUT2D eigenvalue weighted by atomic mass is 10.1. The second kappa shape index (κ2) is 7.08. The van der Waals surface area contributed by atoms with E-state index in [0.717, 1.165) is 34.6 Å². The van der Waals surface area contributed by atoms with Crippen LogP contribution in [0.1, 0.15) is 24.7 Å². The first-order chi connectivity index (χ1) is 11.7. The molecule has 0 bridgehead atoms. The summed E-state index contributed by atoms with van der Waals surface area (Å²) >= 11 is 0. The zero-order chi connectivity index (χ0) is 16.9. The van der Waals surface area contributed by atoms with Crippen molar-refractivity contribution in [3.05, 3.63) is 66.0 Å². The largest absolute Gasteiger partial charge is 0.319 e. The van der Waals surface area contributed by atoms with Gasteiger partial charge < -0.3 is 4.57 Å². The normalized spacial score (nSPS) is 11.7. The van der Waals surface area contributed by atoms with Crippen molar-refractivity contribution in [2.75, 3.05) is 0 Å². The number of carbonyl (C=O) groups is 1. The zero-order valence-corrected chi connectivity index (χ0v) is 13.9. The summed E-state index contributed by atoms with van der Waals surface area (Å²) in [6.07, 6.45) is 0.747. The van der Waals surface area contributed by atoms with E-state index in [1.165, 1.54) is 0 Å². The molecule has 0 saturated carbocycles. The SMILES string of the molecule is CC/C(=N\NC(=O)Cn1c(C)nc2ccccc21)c1ccccc1. The number of nitrogens with one attached hydrogen (secondary N) is 1. The predicted octanol–water partition coefficient (Wildman–Crippen LogP) is 3.28. The van der Waals surface area contributed by atoms with Gasteiger partial charge in [0.1, 0.15) is 12.4 Å². The molecule has 0 fully saturated rings. The Hall–Kier alpha value is -2.95. The molecule has 0 saturated heterocycles. The van der Waals surface area contributed by atoms with Crippen molar-refractivity contribution in [1.82, 2.24) is 15.0 Å². The molecule has 3 aromatic rings. The number of imidazole rings is 1. The van der Waals surface area contributed by atoms with Gasteiger partial charge in [0, 0.05) is 0 Å². The molecule has 5 nitrogen and oxygen atoms in total. The Balaban J connectivity index is 1.75. The molecule has 5 heteroatoms. The molecule has 0 atom stereocenters. The van der Waals surface area contributed by atoms with Gasteiger partial charge in [-0.1, -0.05) is 49.4 Å². The van der Waals surface area contributed by atoms with Crippen LogP contribution >= 0.6 is 0 Å². The molecule has 1 amide bonds. The Labute approximate surface area is 141 Å². The number of aromatic nitrogens is 2. The van der Waals surface area contributed by atoms with Crippen LogP contribution in [0, 0.1) is 6.92 Å². The van der Waals surface area contributed by atoms with Crippen LogP contribution in [0.15, 0.2) is 59.7 Å². The maximum Gasteiger partial charge on any atom is 0.260 e. The van der Waals surface area contributed by atoms with E-state index in [-0.39, 0.29) is 12.5 Å². The lowest BCUT2D eigenvalue weighted by Crippen LogP contribution is -2.25. The monoisotopic (exact) mass is 320 g/mol. The van der Waals surface area contributed by atoms with Crippen LogP contribution in [0.25, 0.3) is 11.0 Å². The smallest absolute Gasteiger partial charge is 0.260 e. The van der Waals surface area contributed by atoms with E-state index >= 15 is 0 Å². The number of carbonyl (C=O) groups excluding carboxylic acids is 1. The van der Waals surface area contributed by atoms with Crippen molar-refractivity contribution in [1.29, 1.82) is 0 Å². The van der Waals surface area contributed by atoms with E-state index in [1.807, 2.05) is 73.0 Å². The second-order valence-corrected chi connectivity index (χ2v) is 5.55. The van der Waals surface area contributed by atoms with Gasteiger partial charge in [0.2, 0.25) is 0 Å². The minimum absolute atomic E-state index is 0.164. The molecule has 0 spiro atoms. The number of para-hydroxylation sites is 2. The third-order valence-corrected chi connectivity index (χ3v) is 3.90. The van der Waals surface area contributed by atoms with Gasteiger partial charge in [-0.2, -0.15) is 5.10 Å². The number of fused-ring (bicyclic) bond motifs is 1. The highest BCUT2D eigenvalue weighted by Crippen LogP contribution is 2.15. The van der Waals surface area contributed by atoms with E-state index in [1.54, 1.807) is 0 Å². The standard InChI is InChI=1S/C19H20N4O/c1-3-16(15-9-5-4-6-10-15)21-22-19(24)13-23-14(2)20-17-11-7-8-12-18(17)23/h4-12H,3,13H2,1-2H3,(H,22,24)/b21-16+. The van der Waals surface area contributed by atoms with E-state index in [2.05, 4.69) is 15.5 Å². The molecule has 0 aliphatic carbocycles. The van der Waals surface area contributed by atoms with Gasteiger partial charge in [0.25, 0.3) is 5.91 Å². The number of rotatable bonds is 5. The van der Waals surface area contributed by atoms with Crippen molar-refractivity contribution < 1.29 is 4.79 Å². The van der Waals surface area contributed by atoms with E-state index in [0.29, 0.717) is 0 Å². The van der Waals surface area contributed by atoms with Crippen LogP contribution < -0.4 is 5.43 Å². The van der Waals surface area contributed by atoms with E-state index < -0.39 is 0 Å². The van der Waals surface area contributed by atoms with Crippen LogP contribution in [0.2, 0.25) is 0 Å². The summed E-state index contributed by atoms with van der Waals surface area (Å²) in [7, 11) is 0. The highest BCUT2D eigenvalue weighted by Gasteiger charge is 2.10. The van der Waals surface area contributed by atoms with Gasteiger partial charge in [-0.25, -0.2) is 10.4 Å². The number of nitrogens with zero attached hydrogens (tertiary/aromatic N) is 3. The highest BCUT2D eigenvalue weighted by molar-refractivity contribution is 6.00. The molecule has 3 rings (SSSR count). The number of amides is 1. The fraction of sp³-hybridized carbons (Fsp3) is 0.211. The van der Waals surface area contributed by atoms with Crippen LogP contribution in [0.5, 0.6) is 0 Å². The summed E-state index contributed by atoms with van der Waals surface area (Å²) in [5, 5.41) is 4.29. The Bertz CT molecular complexity index is 881. The molecule has 1 N–H and O–H groups in total. The number of hydrogen-bond acceptors (Lipinski definition) is 3. The molecular weight excluding hydrogens is 300 g/mol. The van der Waals surface area contributed by atoms with Crippen LogP contribution in [-0.2, 0) is 11.3 Å². The quantitative estimate of drug-likeness (QED) is 0.579. The first kappa shape index (κ1) is 15.9. The lowest BCUT2D eigenvalue weighted by Gasteiger charge is -2.07. The van der Waals surface area contributed by atoms with E-state index in [9.17, 15) is 4.79 Å². The van der Waals surface area contributed by atoms with Crippen molar-refractivity contribution >= 4 is 22.7 Å². The van der Waals surface area contributed by atoms with Gasteiger partial charge in [-0.3, -0.25) is 4.79 Å². The third kappa shape index (κ3) is 3.35. The Morgan fingerprint density at radius 3 is 2.58 bits per heavy atom. The summed E-state index contributed by atoms with van der Waals surface area (Å²) in [5.41, 5.74) is 6.38. The minimum Gasteiger partial charge on any atom is -0.319 e. The summed E-state index contributed by atoms with van der Waals surface area (Å²) in [6, 6.07) is 17.7. The molecule has 0 radical (unpaired) electrons. The minimum atomic E-state index is -0.164. The fourth-order valence-corrected chi connectivity index (χ4v) is 2.68. The molecule has 1 aromatic heterocycles. The molecule has 0 aliphatic rings. The first-order valence-corrected chi connectivity index (χ1v) is 8.01. The third-order valence-electron chi connectivity index (χ3n) is 3.90. The average molecular weight is 320 g/mol. The summed E-state index contributed by atoms with van der Waals surface area (Å²) < 4.78 is 1.90. The number of benzene rings is 2. The topological polar surface area (TPSA) is 59.3 Å². The van der Waals surface area contributed by atoms with Gasteiger partial charge in [-0.15, -0.1) is 0 Å². The molecule has 0 unspecified atom stereocenters. The highest BCUT2D eigenvalue weighted by atomic mass is 16.2.